The average molecular weight is 508 g/mol. The van der Waals surface area contributed by atoms with E-state index >= 15 is 0 Å². The highest BCUT2D eigenvalue weighted by atomic mass is 127. The molecular weight excluding hydrogens is 482 g/mol. The molecule has 1 atom stereocenters. The molecule has 1 aromatic heterocycles. The number of hydrogen-bond acceptors (Lipinski definition) is 3. The first-order valence-electron chi connectivity index (χ1n) is 9.43. The SMILES string of the molecule is CCNC(=NCc1ccnc2ccccc12)NCC(C)Oc1ccccc1F.I. The first-order valence-corrected chi connectivity index (χ1v) is 9.43. The van der Waals surface area contributed by atoms with Gasteiger partial charge < -0.3 is 15.4 Å². The molecule has 1 heterocycles. The zero-order valence-electron chi connectivity index (χ0n) is 16.6. The fraction of sp³-hybridized carbons (Fsp3) is 0.273. The summed E-state index contributed by atoms with van der Waals surface area (Å²) in [5.74, 6) is 0.578. The maximum atomic E-state index is 13.7. The van der Waals surface area contributed by atoms with Gasteiger partial charge in [-0.15, -0.1) is 24.0 Å². The molecule has 0 aliphatic carbocycles. The summed E-state index contributed by atoms with van der Waals surface area (Å²) in [5, 5.41) is 7.58. The van der Waals surface area contributed by atoms with Gasteiger partial charge in [0.15, 0.2) is 17.5 Å². The van der Waals surface area contributed by atoms with Crippen molar-refractivity contribution in [1.82, 2.24) is 15.6 Å². The summed E-state index contributed by atoms with van der Waals surface area (Å²) >= 11 is 0. The number of aromatic nitrogens is 1. The highest BCUT2D eigenvalue weighted by Crippen LogP contribution is 2.17. The summed E-state index contributed by atoms with van der Waals surface area (Å²) in [5.41, 5.74) is 2.07. The van der Waals surface area contributed by atoms with Crippen LogP contribution < -0.4 is 15.4 Å². The summed E-state index contributed by atoms with van der Waals surface area (Å²) in [6.45, 7) is 5.67. The highest BCUT2D eigenvalue weighted by molar-refractivity contribution is 14.0. The predicted octanol–water partition coefficient (Wildman–Crippen LogP) is 4.51. The van der Waals surface area contributed by atoms with Crippen LogP contribution in [0.2, 0.25) is 0 Å². The van der Waals surface area contributed by atoms with Crippen molar-refractivity contribution in [3.63, 3.8) is 0 Å². The molecule has 2 N–H and O–H groups in total. The van der Waals surface area contributed by atoms with E-state index in [9.17, 15) is 4.39 Å². The van der Waals surface area contributed by atoms with Gasteiger partial charge in [-0.05, 0) is 43.7 Å². The van der Waals surface area contributed by atoms with Crippen LogP contribution in [0.25, 0.3) is 10.9 Å². The Morgan fingerprint density at radius 3 is 2.66 bits per heavy atom. The summed E-state index contributed by atoms with van der Waals surface area (Å²) in [4.78, 5) is 9.05. The second-order valence-electron chi connectivity index (χ2n) is 6.42. The lowest BCUT2D eigenvalue weighted by atomic mass is 10.1. The van der Waals surface area contributed by atoms with Crippen molar-refractivity contribution in [3.05, 3.63) is 72.2 Å². The molecule has 0 radical (unpaired) electrons. The summed E-state index contributed by atoms with van der Waals surface area (Å²) in [7, 11) is 0. The van der Waals surface area contributed by atoms with Gasteiger partial charge >= 0.3 is 0 Å². The van der Waals surface area contributed by atoms with E-state index < -0.39 is 0 Å². The number of rotatable bonds is 7. The number of guanidine groups is 1. The number of pyridine rings is 1. The molecule has 7 heteroatoms. The number of nitrogens with zero attached hydrogens (tertiary/aromatic N) is 2. The van der Waals surface area contributed by atoms with Gasteiger partial charge in [0.05, 0.1) is 18.6 Å². The number of benzene rings is 2. The molecule has 3 aromatic rings. The van der Waals surface area contributed by atoms with Crippen molar-refractivity contribution >= 4 is 40.8 Å². The van der Waals surface area contributed by atoms with Gasteiger partial charge in [0, 0.05) is 18.1 Å². The molecule has 0 bridgehead atoms. The molecule has 0 spiro atoms. The van der Waals surface area contributed by atoms with Crippen LogP contribution >= 0.6 is 24.0 Å². The van der Waals surface area contributed by atoms with Crippen molar-refractivity contribution in [2.24, 2.45) is 4.99 Å². The molecule has 3 rings (SSSR count). The van der Waals surface area contributed by atoms with Crippen molar-refractivity contribution in [1.29, 1.82) is 0 Å². The second kappa shape index (κ2) is 11.5. The number of nitrogens with one attached hydrogen (secondary N) is 2. The lowest BCUT2D eigenvalue weighted by Crippen LogP contribution is -2.41. The Kier molecular flexibility index (Phi) is 9.11. The number of halogens is 2. The summed E-state index contributed by atoms with van der Waals surface area (Å²) < 4.78 is 19.4. The van der Waals surface area contributed by atoms with E-state index in [1.54, 1.807) is 24.4 Å². The molecule has 5 nitrogen and oxygen atoms in total. The third kappa shape index (κ3) is 6.56. The van der Waals surface area contributed by atoms with E-state index in [0.717, 1.165) is 23.0 Å². The van der Waals surface area contributed by atoms with Crippen molar-refractivity contribution in [2.75, 3.05) is 13.1 Å². The maximum absolute atomic E-state index is 13.7. The molecule has 0 amide bonds. The molecule has 29 heavy (non-hydrogen) atoms. The number of aliphatic imine (C=N–C) groups is 1. The molecule has 0 aliphatic heterocycles. The van der Waals surface area contributed by atoms with Crippen molar-refractivity contribution < 1.29 is 9.13 Å². The summed E-state index contributed by atoms with van der Waals surface area (Å²) in [6, 6.07) is 16.4. The Balaban J connectivity index is 0.00000300. The Morgan fingerprint density at radius 1 is 1.10 bits per heavy atom. The van der Waals surface area contributed by atoms with Crippen LogP contribution in [0.1, 0.15) is 19.4 Å². The first-order chi connectivity index (χ1) is 13.7. The Bertz CT molecular complexity index is 946. The Hall–Kier alpha value is -2.42. The van der Waals surface area contributed by atoms with Crippen molar-refractivity contribution in [3.8, 4) is 5.75 Å². The zero-order valence-corrected chi connectivity index (χ0v) is 18.9. The minimum atomic E-state index is -0.362. The van der Waals surface area contributed by atoms with Crippen LogP contribution in [-0.4, -0.2) is 30.1 Å². The number of ether oxygens (including phenoxy) is 1. The average Bonchev–Trinajstić information content (AvgIpc) is 2.72. The van der Waals surface area contributed by atoms with E-state index in [-0.39, 0.29) is 41.6 Å². The zero-order chi connectivity index (χ0) is 19.8. The van der Waals surface area contributed by atoms with Gasteiger partial charge in [0.2, 0.25) is 0 Å². The molecule has 1 unspecified atom stereocenters. The molecule has 0 fully saturated rings. The second-order valence-corrected chi connectivity index (χ2v) is 6.42. The molecular formula is C22H26FIN4O. The van der Waals surface area contributed by atoms with Crippen LogP contribution in [0.4, 0.5) is 4.39 Å². The Labute approximate surface area is 187 Å². The number of para-hydroxylation sites is 2. The molecule has 0 aliphatic rings. The van der Waals surface area contributed by atoms with Gasteiger partial charge in [-0.25, -0.2) is 9.38 Å². The van der Waals surface area contributed by atoms with Gasteiger partial charge in [-0.2, -0.15) is 0 Å². The predicted molar refractivity (Wildman–Crippen MR) is 126 cm³/mol. The molecule has 2 aromatic carbocycles. The van der Waals surface area contributed by atoms with Crippen LogP contribution in [0.15, 0.2) is 65.8 Å². The topological polar surface area (TPSA) is 58.5 Å². The third-order valence-corrected chi connectivity index (χ3v) is 4.21. The Morgan fingerprint density at radius 2 is 1.86 bits per heavy atom. The van der Waals surface area contributed by atoms with E-state index in [2.05, 4.69) is 26.7 Å². The van der Waals surface area contributed by atoms with E-state index in [1.165, 1.54) is 6.07 Å². The van der Waals surface area contributed by atoms with Crippen LogP contribution in [-0.2, 0) is 6.54 Å². The monoisotopic (exact) mass is 508 g/mol. The number of fused-ring (bicyclic) bond motifs is 1. The van der Waals surface area contributed by atoms with Gasteiger partial charge in [-0.3, -0.25) is 4.98 Å². The van der Waals surface area contributed by atoms with Crippen molar-refractivity contribution in [2.45, 2.75) is 26.5 Å². The molecule has 154 valence electrons. The quantitative estimate of drug-likeness (QED) is 0.280. The molecule has 0 saturated carbocycles. The number of hydrogen-bond donors (Lipinski definition) is 2. The fourth-order valence-electron chi connectivity index (χ4n) is 2.84. The minimum absolute atomic E-state index is 0. The third-order valence-electron chi connectivity index (χ3n) is 4.21. The van der Waals surface area contributed by atoms with Gasteiger partial charge in [-0.1, -0.05) is 30.3 Å². The first kappa shape index (κ1) is 22.9. The van der Waals surface area contributed by atoms with E-state index in [4.69, 9.17) is 4.74 Å². The highest BCUT2D eigenvalue weighted by Gasteiger charge is 2.09. The fourth-order valence-corrected chi connectivity index (χ4v) is 2.84. The van der Waals surface area contributed by atoms with E-state index in [0.29, 0.717) is 19.0 Å². The standard InChI is InChI=1S/C22H25FN4O.HI/c1-3-24-22(26-14-16(2)28-21-11-7-5-9-19(21)23)27-15-17-12-13-25-20-10-6-4-8-18(17)20;/h4-13,16H,3,14-15H2,1-2H3,(H2,24,26,27);1H. The molecule has 0 saturated heterocycles. The lowest BCUT2D eigenvalue weighted by Gasteiger charge is -2.18. The van der Waals surface area contributed by atoms with Gasteiger partial charge in [0.25, 0.3) is 0 Å². The lowest BCUT2D eigenvalue weighted by molar-refractivity contribution is 0.214. The van der Waals surface area contributed by atoms with E-state index in [1.807, 2.05) is 38.1 Å². The largest absolute Gasteiger partial charge is 0.486 e. The smallest absolute Gasteiger partial charge is 0.191 e. The maximum Gasteiger partial charge on any atom is 0.191 e. The normalized spacial score (nSPS) is 12.2. The van der Waals surface area contributed by atoms with Crippen LogP contribution in [0.5, 0.6) is 5.75 Å². The minimum Gasteiger partial charge on any atom is -0.486 e. The van der Waals surface area contributed by atoms with Crippen LogP contribution in [0, 0.1) is 5.82 Å². The van der Waals surface area contributed by atoms with Crippen LogP contribution in [0.3, 0.4) is 0 Å². The van der Waals surface area contributed by atoms with Gasteiger partial charge in [0.1, 0.15) is 6.10 Å². The summed E-state index contributed by atoms with van der Waals surface area (Å²) in [6.07, 6.45) is 1.58.